The van der Waals surface area contributed by atoms with Crippen LogP contribution in [0.2, 0.25) is 0 Å². The van der Waals surface area contributed by atoms with Crippen molar-refractivity contribution in [2.24, 2.45) is 11.8 Å². The number of aliphatic hydroxyl groups excluding tert-OH is 1. The highest BCUT2D eigenvalue weighted by Gasteiger charge is 2.39. The summed E-state index contributed by atoms with van der Waals surface area (Å²) >= 11 is 0. The van der Waals surface area contributed by atoms with Gasteiger partial charge in [-0.15, -0.1) is 0 Å². The van der Waals surface area contributed by atoms with Crippen LogP contribution in [0.4, 0.5) is 0 Å². The van der Waals surface area contributed by atoms with E-state index in [1.54, 1.807) is 7.11 Å². The van der Waals surface area contributed by atoms with Crippen molar-refractivity contribution in [1.82, 2.24) is 4.90 Å². The van der Waals surface area contributed by atoms with E-state index in [9.17, 15) is 9.90 Å². The SMILES string of the molecule is CO[C@H](C)[C@H](C(=O)OCC1=CCN2CC[C@@H](O)[C@@H]12)C(C)C. The molecule has 2 aliphatic heterocycles. The molecule has 5 heteroatoms. The van der Waals surface area contributed by atoms with Crippen molar-refractivity contribution in [1.29, 1.82) is 0 Å². The molecule has 0 amide bonds. The largest absolute Gasteiger partial charge is 0.461 e. The third-order valence-corrected chi connectivity index (χ3v) is 4.69. The maximum Gasteiger partial charge on any atom is 0.312 e. The lowest BCUT2D eigenvalue weighted by Gasteiger charge is -2.26. The molecule has 1 fully saturated rings. The van der Waals surface area contributed by atoms with E-state index in [1.165, 1.54) is 0 Å². The van der Waals surface area contributed by atoms with Crippen LogP contribution in [0.3, 0.4) is 0 Å². The molecule has 2 rings (SSSR count). The van der Waals surface area contributed by atoms with Crippen molar-refractivity contribution in [2.45, 2.75) is 45.4 Å². The van der Waals surface area contributed by atoms with Gasteiger partial charge in [0.25, 0.3) is 0 Å². The van der Waals surface area contributed by atoms with Crippen LogP contribution in [-0.4, -0.2) is 61.0 Å². The molecule has 0 unspecified atom stereocenters. The number of esters is 1. The van der Waals surface area contributed by atoms with Crippen LogP contribution in [0.25, 0.3) is 0 Å². The van der Waals surface area contributed by atoms with Gasteiger partial charge in [-0.2, -0.15) is 0 Å². The van der Waals surface area contributed by atoms with Gasteiger partial charge in [-0.3, -0.25) is 9.69 Å². The summed E-state index contributed by atoms with van der Waals surface area (Å²) in [6.45, 7) is 7.92. The number of carbonyl (C=O) groups excluding carboxylic acids is 1. The molecule has 0 aromatic carbocycles. The molecule has 0 aromatic rings. The maximum atomic E-state index is 12.3. The Morgan fingerprint density at radius 2 is 2.19 bits per heavy atom. The lowest BCUT2D eigenvalue weighted by Crippen LogP contribution is -2.36. The normalized spacial score (nSPS) is 28.4. The number of fused-ring (bicyclic) bond motifs is 1. The summed E-state index contributed by atoms with van der Waals surface area (Å²) in [6.07, 6.45) is 2.37. The minimum Gasteiger partial charge on any atom is -0.461 e. The molecule has 0 saturated carbocycles. The fraction of sp³-hybridized carbons (Fsp3) is 0.812. The Hall–Kier alpha value is -0.910. The number of carbonyl (C=O) groups is 1. The first kappa shape index (κ1) is 16.5. The van der Waals surface area contributed by atoms with Gasteiger partial charge in [0.1, 0.15) is 6.61 Å². The van der Waals surface area contributed by atoms with Crippen LogP contribution < -0.4 is 0 Å². The van der Waals surface area contributed by atoms with Gasteiger partial charge in [-0.05, 0) is 24.8 Å². The highest BCUT2D eigenvalue weighted by Crippen LogP contribution is 2.29. The Morgan fingerprint density at radius 3 is 2.81 bits per heavy atom. The van der Waals surface area contributed by atoms with Gasteiger partial charge in [0.15, 0.2) is 0 Å². The zero-order valence-electron chi connectivity index (χ0n) is 13.4. The standard InChI is InChI=1S/C16H27NO4/c1-10(2)14(11(3)20-4)16(19)21-9-12-5-7-17-8-6-13(18)15(12)17/h5,10-11,13-15,18H,6-9H2,1-4H3/t11-,13-,14-,15-/m1/s1. The van der Waals surface area contributed by atoms with Gasteiger partial charge in [0, 0.05) is 20.2 Å². The molecule has 120 valence electrons. The number of ether oxygens (including phenoxy) is 2. The highest BCUT2D eigenvalue weighted by molar-refractivity contribution is 5.73. The molecule has 21 heavy (non-hydrogen) atoms. The van der Waals surface area contributed by atoms with E-state index < -0.39 is 0 Å². The molecule has 0 radical (unpaired) electrons. The Bertz CT molecular complexity index is 407. The van der Waals surface area contributed by atoms with Crippen LogP contribution >= 0.6 is 0 Å². The summed E-state index contributed by atoms with van der Waals surface area (Å²) in [5.74, 6) is -0.314. The van der Waals surface area contributed by atoms with E-state index in [2.05, 4.69) is 11.0 Å². The number of methoxy groups -OCH3 is 1. The van der Waals surface area contributed by atoms with E-state index in [0.29, 0.717) is 0 Å². The Morgan fingerprint density at radius 1 is 1.48 bits per heavy atom. The second-order valence-electron chi connectivity index (χ2n) is 6.39. The second-order valence-corrected chi connectivity index (χ2v) is 6.39. The number of hydrogen-bond acceptors (Lipinski definition) is 5. The molecule has 2 heterocycles. The molecule has 1 N–H and O–H groups in total. The van der Waals surface area contributed by atoms with Crippen molar-refractivity contribution in [3.05, 3.63) is 11.6 Å². The number of hydrogen-bond donors (Lipinski definition) is 1. The first-order valence-electron chi connectivity index (χ1n) is 7.76. The van der Waals surface area contributed by atoms with E-state index >= 15 is 0 Å². The lowest BCUT2D eigenvalue weighted by atomic mass is 9.91. The smallest absolute Gasteiger partial charge is 0.312 e. The first-order chi connectivity index (χ1) is 9.95. The zero-order chi connectivity index (χ0) is 15.6. The van der Waals surface area contributed by atoms with Gasteiger partial charge in [-0.1, -0.05) is 19.9 Å². The predicted molar refractivity (Wildman–Crippen MR) is 79.8 cm³/mol. The Balaban J connectivity index is 1.91. The average Bonchev–Trinajstić information content (AvgIpc) is 3.00. The van der Waals surface area contributed by atoms with E-state index in [1.807, 2.05) is 20.8 Å². The van der Waals surface area contributed by atoms with Gasteiger partial charge < -0.3 is 14.6 Å². The quantitative estimate of drug-likeness (QED) is 0.590. The fourth-order valence-corrected chi connectivity index (χ4v) is 3.43. The molecule has 0 aromatic heterocycles. The lowest BCUT2D eigenvalue weighted by molar-refractivity contribution is -0.154. The predicted octanol–water partition coefficient (Wildman–Crippen LogP) is 1.21. The summed E-state index contributed by atoms with van der Waals surface area (Å²) < 4.78 is 10.8. The van der Waals surface area contributed by atoms with Crippen molar-refractivity contribution in [3.8, 4) is 0 Å². The van der Waals surface area contributed by atoms with Crippen LogP contribution in [0.5, 0.6) is 0 Å². The molecule has 2 aliphatic rings. The average molecular weight is 297 g/mol. The number of nitrogens with zero attached hydrogens (tertiary/aromatic N) is 1. The van der Waals surface area contributed by atoms with E-state index in [4.69, 9.17) is 9.47 Å². The minimum atomic E-state index is -0.337. The first-order valence-corrected chi connectivity index (χ1v) is 7.76. The van der Waals surface area contributed by atoms with Crippen LogP contribution in [0, 0.1) is 11.8 Å². The van der Waals surface area contributed by atoms with E-state index in [0.717, 1.165) is 25.1 Å². The molecule has 5 nitrogen and oxygen atoms in total. The highest BCUT2D eigenvalue weighted by atomic mass is 16.5. The minimum absolute atomic E-state index is 0.0372. The van der Waals surface area contributed by atoms with Crippen molar-refractivity contribution in [2.75, 3.05) is 26.8 Å². The molecule has 4 atom stereocenters. The summed E-state index contributed by atoms with van der Waals surface area (Å²) in [5, 5.41) is 10.0. The van der Waals surface area contributed by atoms with Crippen molar-refractivity contribution < 1.29 is 19.4 Å². The van der Waals surface area contributed by atoms with Gasteiger partial charge in [0.2, 0.25) is 0 Å². The van der Waals surface area contributed by atoms with E-state index in [-0.39, 0.29) is 42.7 Å². The fourth-order valence-electron chi connectivity index (χ4n) is 3.43. The number of rotatable bonds is 6. The number of aliphatic hydroxyl groups is 1. The Labute approximate surface area is 126 Å². The summed E-state index contributed by atoms with van der Waals surface area (Å²) in [6, 6.07) is 0.0372. The van der Waals surface area contributed by atoms with Gasteiger partial charge in [0.05, 0.1) is 24.2 Å². The van der Waals surface area contributed by atoms with Crippen LogP contribution in [-0.2, 0) is 14.3 Å². The van der Waals surface area contributed by atoms with Gasteiger partial charge >= 0.3 is 5.97 Å². The molecule has 0 bridgehead atoms. The molecule has 0 spiro atoms. The third kappa shape index (κ3) is 3.47. The monoisotopic (exact) mass is 297 g/mol. The summed E-state index contributed by atoms with van der Waals surface area (Å²) in [5.41, 5.74) is 1.03. The third-order valence-electron chi connectivity index (χ3n) is 4.69. The molecule has 1 saturated heterocycles. The maximum absolute atomic E-state index is 12.3. The summed E-state index contributed by atoms with van der Waals surface area (Å²) in [4.78, 5) is 14.5. The zero-order valence-corrected chi connectivity index (χ0v) is 13.4. The topological polar surface area (TPSA) is 59.0 Å². The second kappa shape index (κ2) is 6.90. The molecular formula is C16H27NO4. The molecule has 0 aliphatic carbocycles. The van der Waals surface area contributed by atoms with Crippen molar-refractivity contribution in [3.63, 3.8) is 0 Å². The van der Waals surface area contributed by atoms with Crippen molar-refractivity contribution >= 4 is 5.97 Å². The van der Waals surface area contributed by atoms with Gasteiger partial charge in [-0.25, -0.2) is 0 Å². The van der Waals surface area contributed by atoms with Crippen LogP contribution in [0.1, 0.15) is 27.2 Å². The molecular weight excluding hydrogens is 270 g/mol. The Kier molecular flexibility index (Phi) is 5.41. The summed E-state index contributed by atoms with van der Waals surface area (Å²) in [7, 11) is 1.61. The van der Waals surface area contributed by atoms with Crippen LogP contribution in [0.15, 0.2) is 11.6 Å².